The molecule has 3 aromatic heterocycles. The molecule has 3 aromatic rings. The van der Waals surface area contributed by atoms with E-state index in [0.717, 1.165) is 36.3 Å². The molecule has 8 heteroatoms. The van der Waals surface area contributed by atoms with E-state index in [4.69, 9.17) is 9.51 Å². The Labute approximate surface area is 150 Å². The molecule has 1 aliphatic rings. The summed E-state index contributed by atoms with van der Waals surface area (Å²) < 4.78 is 7.01. The first-order valence-corrected chi connectivity index (χ1v) is 8.65. The van der Waals surface area contributed by atoms with Crippen molar-refractivity contribution in [1.82, 2.24) is 29.6 Å². The summed E-state index contributed by atoms with van der Waals surface area (Å²) in [6.45, 7) is 4.75. The van der Waals surface area contributed by atoms with E-state index in [1.165, 1.54) is 0 Å². The number of likely N-dealkylation sites (tertiary alicyclic amines) is 1. The summed E-state index contributed by atoms with van der Waals surface area (Å²) in [5, 5.41) is 3.98. The molecule has 0 bridgehead atoms. The van der Waals surface area contributed by atoms with Gasteiger partial charge in [-0.1, -0.05) is 5.16 Å². The van der Waals surface area contributed by atoms with Gasteiger partial charge < -0.3 is 14.0 Å². The number of nitrogens with zero attached hydrogens (tertiary/aromatic N) is 6. The van der Waals surface area contributed by atoms with E-state index in [1.54, 1.807) is 29.5 Å². The summed E-state index contributed by atoms with van der Waals surface area (Å²) in [6.07, 6.45) is 8.72. The van der Waals surface area contributed by atoms with Gasteiger partial charge in [0.15, 0.2) is 5.82 Å². The molecule has 4 rings (SSSR count). The fourth-order valence-electron chi connectivity index (χ4n) is 3.48. The highest BCUT2D eigenvalue weighted by atomic mass is 16.5. The van der Waals surface area contributed by atoms with Crippen LogP contribution in [-0.4, -0.2) is 42.0 Å². The lowest BCUT2D eigenvalue weighted by molar-refractivity contribution is -0.132. The smallest absolute Gasteiger partial charge is 0.243 e. The minimum atomic E-state index is -0.0340. The normalized spacial score (nSPS) is 17.0. The van der Waals surface area contributed by atoms with Crippen LogP contribution >= 0.6 is 0 Å². The Kier molecular flexibility index (Phi) is 4.24. The van der Waals surface area contributed by atoms with E-state index in [2.05, 4.69) is 15.1 Å². The molecule has 1 fully saturated rings. The second kappa shape index (κ2) is 6.70. The lowest BCUT2D eigenvalue weighted by Crippen LogP contribution is -2.33. The van der Waals surface area contributed by atoms with Crippen molar-refractivity contribution in [1.29, 1.82) is 0 Å². The Morgan fingerprint density at radius 1 is 1.35 bits per heavy atom. The fourth-order valence-corrected chi connectivity index (χ4v) is 3.48. The molecule has 0 aromatic carbocycles. The van der Waals surface area contributed by atoms with Crippen LogP contribution in [0.4, 0.5) is 0 Å². The lowest BCUT2D eigenvalue weighted by atomic mass is 10.1. The van der Waals surface area contributed by atoms with Crippen LogP contribution in [0.25, 0.3) is 11.4 Å². The van der Waals surface area contributed by atoms with Crippen molar-refractivity contribution in [3.05, 3.63) is 48.1 Å². The molecule has 0 N–H and O–H groups in total. The first kappa shape index (κ1) is 16.4. The van der Waals surface area contributed by atoms with Crippen LogP contribution in [0.3, 0.4) is 0 Å². The summed E-state index contributed by atoms with van der Waals surface area (Å²) in [5.74, 6) is 1.36. The molecule has 8 nitrogen and oxygen atoms in total. The highest BCUT2D eigenvalue weighted by Gasteiger charge is 2.31. The topological polar surface area (TPSA) is 89.9 Å². The number of hydrogen-bond acceptors (Lipinski definition) is 6. The van der Waals surface area contributed by atoms with Gasteiger partial charge in [-0.15, -0.1) is 0 Å². The number of hydrogen-bond donors (Lipinski definition) is 0. The number of amides is 1. The van der Waals surface area contributed by atoms with Crippen LogP contribution in [0.15, 0.2) is 35.5 Å². The monoisotopic (exact) mass is 352 g/mol. The standard InChI is InChI=1S/C18H20N6O2/c1-12-17(13(2)26-22-12)18-20-6-5-14(21-18)15-4-3-8-24(15)16(25)10-23-9-7-19-11-23/h5-7,9,11,15H,3-4,8,10H2,1-2H3/t15-/m1/s1. The lowest BCUT2D eigenvalue weighted by Gasteiger charge is -2.24. The molecule has 26 heavy (non-hydrogen) atoms. The minimum absolute atomic E-state index is 0.0340. The van der Waals surface area contributed by atoms with Crippen molar-refractivity contribution in [3.63, 3.8) is 0 Å². The average molecular weight is 352 g/mol. The summed E-state index contributed by atoms with van der Waals surface area (Å²) in [7, 11) is 0. The third-order valence-corrected chi connectivity index (χ3v) is 4.73. The molecule has 1 amide bonds. The Morgan fingerprint density at radius 2 is 2.23 bits per heavy atom. The van der Waals surface area contributed by atoms with Crippen LogP contribution in [0, 0.1) is 13.8 Å². The minimum Gasteiger partial charge on any atom is -0.361 e. The molecule has 0 unspecified atom stereocenters. The Morgan fingerprint density at radius 3 is 2.96 bits per heavy atom. The van der Waals surface area contributed by atoms with Gasteiger partial charge in [-0.05, 0) is 32.8 Å². The number of aryl methyl sites for hydroxylation is 2. The van der Waals surface area contributed by atoms with Crippen molar-refractivity contribution in [2.24, 2.45) is 0 Å². The molecular weight excluding hydrogens is 332 g/mol. The predicted octanol–water partition coefficient (Wildman–Crippen LogP) is 2.31. The molecule has 1 saturated heterocycles. The molecule has 134 valence electrons. The van der Waals surface area contributed by atoms with Gasteiger partial charge in [0.25, 0.3) is 0 Å². The first-order chi connectivity index (χ1) is 12.6. The van der Waals surface area contributed by atoms with E-state index in [1.807, 2.05) is 24.8 Å². The van der Waals surface area contributed by atoms with Crippen LogP contribution in [0.5, 0.6) is 0 Å². The molecule has 0 radical (unpaired) electrons. The van der Waals surface area contributed by atoms with Crippen LogP contribution in [0.2, 0.25) is 0 Å². The van der Waals surface area contributed by atoms with E-state index < -0.39 is 0 Å². The van der Waals surface area contributed by atoms with Crippen molar-refractivity contribution >= 4 is 5.91 Å². The van der Waals surface area contributed by atoms with Gasteiger partial charge in [0, 0.05) is 25.1 Å². The molecule has 4 heterocycles. The summed E-state index contributed by atoms with van der Waals surface area (Å²) in [6, 6.07) is 1.85. The third-order valence-electron chi connectivity index (χ3n) is 4.73. The largest absolute Gasteiger partial charge is 0.361 e. The number of carbonyl (C=O) groups excluding carboxylic acids is 1. The van der Waals surface area contributed by atoms with E-state index in [0.29, 0.717) is 11.6 Å². The van der Waals surface area contributed by atoms with Crippen LogP contribution in [0.1, 0.15) is 36.0 Å². The Bertz CT molecular complexity index is 898. The maximum absolute atomic E-state index is 12.7. The number of rotatable bonds is 4. The zero-order chi connectivity index (χ0) is 18.1. The SMILES string of the molecule is Cc1noc(C)c1-c1nccc([C@H]2CCCN2C(=O)Cn2ccnc2)n1. The zero-order valence-electron chi connectivity index (χ0n) is 14.8. The number of carbonyl (C=O) groups is 1. The molecule has 1 aliphatic heterocycles. The maximum atomic E-state index is 12.7. The highest BCUT2D eigenvalue weighted by Crippen LogP contribution is 2.32. The molecule has 1 atom stereocenters. The van der Waals surface area contributed by atoms with E-state index in [9.17, 15) is 4.79 Å². The van der Waals surface area contributed by atoms with Gasteiger partial charge in [-0.2, -0.15) is 0 Å². The van der Waals surface area contributed by atoms with Gasteiger partial charge in [0.05, 0.1) is 29.3 Å². The number of aromatic nitrogens is 5. The van der Waals surface area contributed by atoms with Crippen LogP contribution in [-0.2, 0) is 11.3 Å². The van der Waals surface area contributed by atoms with Gasteiger partial charge in [-0.25, -0.2) is 15.0 Å². The van der Waals surface area contributed by atoms with Gasteiger partial charge in [0.1, 0.15) is 12.3 Å². The molecular formula is C18H20N6O2. The second-order valence-corrected chi connectivity index (χ2v) is 6.48. The van der Waals surface area contributed by atoms with Gasteiger partial charge >= 0.3 is 0 Å². The van der Waals surface area contributed by atoms with Crippen molar-refractivity contribution in [3.8, 4) is 11.4 Å². The molecule has 0 aliphatic carbocycles. The highest BCUT2D eigenvalue weighted by molar-refractivity contribution is 5.76. The maximum Gasteiger partial charge on any atom is 0.243 e. The molecule has 0 saturated carbocycles. The van der Waals surface area contributed by atoms with E-state index in [-0.39, 0.29) is 18.5 Å². The quantitative estimate of drug-likeness (QED) is 0.716. The van der Waals surface area contributed by atoms with Crippen LogP contribution < -0.4 is 0 Å². The predicted molar refractivity (Wildman–Crippen MR) is 92.9 cm³/mol. The second-order valence-electron chi connectivity index (χ2n) is 6.48. The molecule has 0 spiro atoms. The number of imidazole rings is 1. The van der Waals surface area contributed by atoms with Gasteiger partial charge in [0.2, 0.25) is 5.91 Å². The van der Waals surface area contributed by atoms with E-state index >= 15 is 0 Å². The summed E-state index contributed by atoms with van der Waals surface area (Å²) >= 11 is 0. The summed E-state index contributed by atoms with van der Waals surface area (Å²) in [5.41, 5.74) is 2.44. The third kappa shape index (κ3) is 2.98. The zero-order valence-corrected chi connectivity index (χ0v) is 14.8. The fraction of sp³-hybridized carbons (Fsp3) is 0.389. The Hall–Kier alpha value is -3.03. The van der Waals surface area contributed by atoms with Gasteiger partial charge in [-0.3, -0.25) is 4.79 Å². The Balaban J connectivity index is 1.60. The van der Waals surface area contributed by atoms with Crippen molar-refractivity contribution in [2.75, 3.05) is 6.54 Å². The first-order valence-electron chi connectivity index (χ1n) is 8.65. The summed E-state index contributed by atoms with van der Waals surface area (Å²) in [4.78, 5) is 27.7. The van der Waals surface area contributed by atoms with Crippen molar-refractivity contribution in [2.45, 2.75) is 39.3 Å². The van der Waals surface area contributed by atoms with Crippen molar-refractivity contribution < 1.29 is 9.32 Å². The average Bonchev–Trinajstić information content (AvgIpc) is 3.37.